The van der Waals surface area contributed by atoms with E-state index < -0.39 is 11.6 Å². The molecule has 3 rings (SSSR count). The third-order valence-electron chi connectivity index (χ3n) is 4.11. The quantitative estimate of drug-likeness (QED) is 0.370. The smallest absolute Gasteiger partial charge is 0.191 e. The molecule has 152 valence electrons. The van der Waals surface area contributed by atoms with Gasteiger partial charge in [0.05, 0.1) is 6.61 Å². The molecule has 0 aliphatic carbocycles. The van der Waals surface area contributed by atoms with Crippen molar-refractivity contribution in [3.63, 3.8) is 0 Å². The number of nitrogens with one attached hydrogen (secondary N) is 2. The zero-order valence-electron chi connectivity index (χ0n) is 15.2. The van der Waals surface area contributed by atoms with Gasteiger partial charge < -0.3 is 20.1 Å². The van der Waals surface area contributed by atoms with Gasteiger partial charge in [0.15, 0.2) is 24.4 Å². The highest BCUT2D eigenvalue weighted by atomic mass is 127. The first-order chi connectivity index (χ1) is 13.1. The third-order valence-corrected chi connectivity index (χ3v) is 4.11. The normalized spacial score (nSPS) is 13.2. The van der Waals surface area contributed by atoms with Crippen LogP contribution in [0.3, 0.4) is 0 Å². The number of halogens is 4. The van der Waals surface area contributed by atoms with Crippen molar-refractivity contribution in [3.05, 3.63) is 64.5 Å². The van der Waals surface area contributed by atoms with E-state index in [1.54, 1.807) is 7.05 Å². The molecule has 1 aliphatic heterocycles. The van der Waals surface area contributed by atoms with Crippen molar-refractivity contribution < 1.29 is 22.6 Å². The molecular weight excluding hydrogens is 486 g/mol. The minimum Gasteiger partial charge on any atom is -0.467 e. The van der Waals surface area contributed by atoms with Crippen molar-refractivity contribution in [2.45, 2.75) is 19.6 Å². The molecule has 0 unspecified atom stereocenters. The van der Waals surface area contributed by atoms with Gasteiger partial charge in [-0.25, -0.2) is 13.2 Å². The van der Waals surface area contributed by atoms with Crippen molar-refractivity contribution in [2.24, 2.45) is 4.99 Å². The second-order valence-electron chi connectivity index (χ2n) is 6.01. The average Bonchev–Trinajstić information content (AvgIpc) is 2.67. The number of ether oxygens (including phenoxy) is 2. The molecule has 5 nitrogen and oxygen atoms in total. The Balaban J connectivity index is 0.00000280. The molecule has 0 atom stereocenters. The molecule has 0 amide bonds. The number of fused-ring (bicyclic) bond motifs is 1. The summed E-state index contributed by atoms with van der Waals surface area (Å²) in [4.78, 5) is 4.08. The maximum absolute atomic E-state index is 13.8. The summed E-state index contributed by atoms with van der Waals surface area (Å²) in [6.45, 7) is 1.24. The zero-order chi connectivity index (χ0) is 19.2. The van der Waals surface area contributed by atoms with E-state index in [9.17, 15) is 13.2 Å². The fourth-order valence-electron chi connectivity index (χ4n) is 2.81. The van der Waals surface area contributed by atoms with Crippen molar-refractivity contribution in [1.29, 1.82) is 0 Å². The zero-order valence-corrected chi connectivity index (χ0v) is 17.6. The SMILES string of the molecule is CN=C(NCCc1cc(F)cc2c1OCOC2)NCc1ccc(F)c(F)c1.I. The molecule has 0 bridgehead atoms. The molecule has 2 N–H and O–H groups in total. The molecule has 0 fully saturated rings. The molecular formula is C19H21F3IN3O2. The van der Waals surface area contributed by atoms with Crippen molar-refractivity contribution in [3.8, 4) is 5.75 Å². The predicted octanol–water partition coefficient (Wildman–Crippen LogP) is 3.50. The summed E-state index contributed by atoms with van der Waals surface area (Å²) in [5, 5.41) is 6.12. The van der Waals surface area contributed by atoms with Gasteiger partial charge in [0.1, 0.15) is 11.6 Å². The Morgan fingerprint density at radius 3 is 2.68 bits per heavy atom. The molecule has 1 heterocycles. The Kier molecular flexibility index (Phi) is 8.36. The van der Waals surface area contributed by atoms with E-state index in [-0.39, 0.29) is 43.1 Å². The molecule has 9 heteroatoms. The van der Waals surface area contributed by atoms with Gasteiger partial charge in [0.2, 0.25) is 0 Å². The van der Waals surface area contributed by atoms with Gasteiger partial charge >= 0.3 is 0 Å². The van der Waals surface area contributed by atoms with E-state index in [2.05, 4.69) is 15.6 Å². The number of benzene rings is 2. The van der Waals surface area contributed by atoms with Gasteiger partial charge in [-0.15, -0.1) is 24.0 Å². The summed E-state index contributed by atoms with van der Waals surface area (Å²) in [5.74, 6) is -0.952. The van der Waals surface area contributed by atoms with E-state index in [4.69, 9.17) is 9.47 Å². The van der Waals surface area contributed by atoms with Crippen LogP contribution in [0.4, 0.5) is 13.2 Å². The Bertz CT molecular complexity index is 849. The summed E-state index contributed by atoms with van der Waals surface area (Å²) in [6, 6.07) is 6.57. The van der Waals surface area contributed by atoms with Crippen LogP contribution in [0.25, 0.3) is 0 Å². The summed E-state index contributed by atoms with van der Waals surface area (Å²) in [7, 11) is 1.60. The maximum atomic E-state index is 13.8. The van der Waals surface area contributed by atoms with Crippen molar-refractivity contribution in [1.82, 2.24) is 10.6 Å². The van der Waals surface area contributed by atoms with Gasteiger partial charge in [0, 0.05) is 25.7 Å². The lowest BCUT2D eigenvalue weighted by Gasteiger charge is -2.21. The van der Waals surface area contributed by atoms with Crippen LogP contribution in [-0.2, 0) is 24.3 Å². The third kappa shape index (κ3) is 5.74. The average molecular weight is 507 g/mol. The van der Waals surface area contributed by atoms with Gasteiger partial charge in [0.25, 0.3) is 0 Å². The standard InChI is InChI=1S/C19H20F3N3O2.HI/c1-23-19(25-9-12-2-3-16(21)17(22)6-12)24-5-4-13-7-15(20)8-14-10-26-11-27-18(13)14;/h2-3,6-8H,4-5,9-11H2,1H3,(H2,23,24,25);1H. The van der Waals surface area contributed by atoms with Crippen LogP contribution in [0.1, 0.15) is 16.7 Å². The fourth-order valence-corrected chi connectivity index (χ4v) is 2.81. The van der Waals surface area contributed by atoms with Crippen LogP contribution in [0.5, 0.6) is 5.75 Å². The Hall–Kier alpha value is -2.01. The van der Waals surface area contributed by atoms with E-state index in [1.807, 2.05) is 0 Å². The molecule has 0 saturated heterocycles. The van der Waals surface area contributed by atoms with Crippen molar-refractivity contribution in [2.75, 3.05) is 20.4 Å². The minimum atomic E-state index is -0.892. The second kappa shape index (κ2) is 10.5. The summed E-state index contributed by atoms with van der Waals surface area (Å²) in [5.41, 5.74) is 2.03. The summed E-state index contributed by atoms with van der Waals surface area (Å²) < 4.78 is 50.6. The number of aliphatic imine (C=N–C) groups is 1. The first-order valence-electron chi connectivity index (χ1n) is 8.47. The lowest BCUT2D eigenvalue weighted by atomic mass is 10.1. The Morgan fingerprint density at radius 2 is 1.93 bits per heavy atom. The molecule has 2 aromatic carbocycles. The maximum Gasteiger partial charge on any atom is 0.191 e. The highest BCUT2D eigenvalue weighted by molar-refractivity contribution is 14.0. The van der Waals surface area contributed by atoms with E-state index in [0.29, 0.717) is 42.4 Å². The van der Waals surface area contributed by atoms with Crippen molar-refractivity contribution >= 4 is 29.9 Å². The first kappa shape index (κ1) is 22.3. The molecule has 1 aliphatic rings. The van der Waals surface area contributed by atoms with Crippen LogP contribution in [0, 0.1) is 17.5 Å². The van der Waals surface area contributed by atoms with Crippen LogP contribution in [0.2, 0.25) is 0 Å². The topological polar surface area (TPSA) is 54.9 Å². The number of nitrogens with zero attached hydrogens (tertiary/aromatic N) is 1. The lowest BCUT2D eigenvalue weighted by Crippen LogP contribution is -2.38. The number of hydrogen-bond donors (Lipinski definition) is 2. The van der Waals surface area contributed by atoms with Gasteiger partial charge in [-0.2, -0.15) is 0 Å². The fraction of sp³-hybridized carbons (Fsp3) is 0.316. The largest absolute Gasteiger partial charge is 0.467 e. The number of rotatable bonds is 5. The van der Waals surface area contributed by atoms with Crippen LogP contribution in [-0.4, -0.2) is 26.3 Å². The molecule has 28 heavy (non-hydrogen) atoms. The number of hydrogen-bond acceptors (Lipinski definition) is 3. The van der Waals surface area contributed by atoms with E-state index in [1.165, 1.54) is 18.2 Å². The molecule has 0 saturated carbocycles. The minimum absolute atomic E-state index is 0. The Labute approximate surface area is 178 Å². The molecule has 0 radical (unpaired) electrons. The lowest BCUT2D eigenvalue weighted by molar-refractivity contribution is -0.0172. The van der Waals surface area contributed by atoms with Crippen LogP contribution >= 0.6 is 24.0 Å². The highest BCUT2D eigenvalue weighted by Gasteiger charge is 2.16. The number of guanidine groups is 1. The molecule has 0 aromatic heterocycles. The Morgan fingerprint density at radius 1 is 1.11 bits per heavy atom. The monoisotopic (exact) mass is 507 g/mol. The van der Waals surface area contributed by atoms with Crippen LogP contribution in [0.15, 0.2) is 35.3 Å². The summed E-state index contributed by atoms with van der Waals surface area (Å²) in [6.07, 6.45) is 0.520. The summed E-state index contributed by atoms with van der Waals surface area (Å²) >= 11 is 0. The predicted molar refractivity (Wildman–Crippen MR) is 110 cm³/mol. The molecule has 0 spiro atoms. The van der Waals surface area contributed by atoms with Gasteiger partial charge in [-0.05, 0) is 41.8 Å². The van der Waals surface area contributed by atoms with Gasteiger partial charge in [-0.1, -0.05) is 6.07 Å². The second-order valence-corrected chi connectivity index (χ2v) is 6.01. The van der Waals surface area contributed by atoms with E-state index in [0.717, 1.165) is 17.7 Å². The highest BCUT2D eigenvalue weighted by Crippen LogP contribution is 2.29. The molecule has 2 aromatic rings. The van der Waals surface area contributed by atoms with Crippen LogP contribution < -0.4 is 15.4 Å². The van der Waals surface area contributed by atoms with E-state index >= 15 is 0 Å². The first-order valence-corrected chi connectivity index (χ1v) is 8.47. The van der Waals surface area contributed by atoms with Gasteiger partial charge in [-0.3, -0.25) is 4.99 Å².